The fourth-order valence-corrected chi connectivity index (χ4v) is 4.92. The molecule has 3 aromatic rings. The number of aromatic nitrogens is 2. The van der Waals surface area contributed by atoms with Gasteiger partial charge in [0.05, 0.1) is 23.4 Å². The summed E-state index contributed by atoms with van der Waals surface area (Å²) in [6.45, 7) is 2.46. The number of carbonyl (C=O) groups is 1. The molecule has 1 fully saturated rings. The van der Waals surface area contributed by atoms with Gasteiger partial charge in [0.15, 0.2) is 5.82 Å². The van der Waals surface area contributed by atoms with Gasteiger partial charge >= 0.3 is 0 Å². The largest absolute Gasteiger partial charge is 0.308 e. The number of hydrogen-bond acceptors (Lipinski definition) is 4. The van der Waals surface area contributed by atoms with E-state index in [4.69, 9.17) is 0 Å². The standard InChI is InChI=1S/C19H20N4O3S/c1-13-4-2-5-14(10-13)11-18(24)20-19-16-12-15(6-7-17(16)21-22-19)23-8-3-9-27(23,25)26/h2,4-7,10,12H,3,8-9,11H2,1H3,(H2,20,21,22,24). The van der Waals surface area contributed by atoms with E-state index in [0.717, 1.165) is 16.6 Å². The van der Waals surface area contributed by atoms with Gasteiger partial charge in [-0.2, -0.15) is 5.10 Å². The molecule has 1 aliphatic heterocycles. The van der Waals surface area contributed by atoms with Crippen molar-refractivity contribution in [2.45, 2.75) is 19.8 Å². The van der Waals surface area contributed by atoms with E-state index in [1.54, 1.807) is 18.2 Å². The van der Waals surface area contributed by atoms with Crippen LogP contribution in [0.3, 0.4) is 0 Å². The molecule has 1 amide bonds. The van der Waals surface area contributed by atoms with Crippen molar-refractivity contribution in [2.75, 3.05) is 21.9 Å². The maximum atomic E-state index is 12.4. The normalized spacial score (nSPS) is 16.0. The second-order valence-electron chi connectivity index (χ2n) is 6.76. The Labute approximate surface area is 157 Å². The molecule has 0 atom stereocenters. The van der Waals surface area contributed by atoms with Gasteiger partial charge in [-0.15, -0.1) is 0 Å². The smallest absolute Gasteiger partial charge is 0.235 e. The number of amides is 1. The molecule has 7 nitrogen and oxygen atoms in total. The Morgan fingerprint density at radius 1 is 1.26 bits per heavy atom. The molecule has 0 spiro atoms. The molecular formula is C19H20N4O3S. The maximum Gasteiger partial charge on any atom is 0.235 e. The van der Waals surface area contributed by atoms with E-state index in [0.29, 0.717) is 29.9 Å². The number of carbonyl (C=O) groups excluding carboxylic acids is 1. The number of aromatic amines is 1. The molecule has 2 N–H and O–H groups in total. The number of benzene rings is 2. The zero-order chi connectivity index (χ0) is 19.0. The summed E-state index contributed by atoms with van der Waals surface area (Å²) in [4.78, 5) is 12.4. The van der Waals surface area contributed by atoms with E-state index >= 15 is 0 Å². The molecule has 0 saturated carbocycles. The Morgan fingerprint density at radius 2 is 2.11 bits per heavy atom. The van der Waals surface area contributed by atoms with Crippen molar-refractivity contribution in [2.24, 2.45) is 0 Å². The zero-order valence-corrected chi connectivity index (χ0v) is 15.7. The molecule has 0 radical (unpaired) electrons. The second kappa shape index (κ2) is 6.70. The van der Waals surface area contributed by atoms with Crippen molar-refractivity contribution in [3.8, 4) is 0 Å². The van der Waals surface area contributed by atoms with Crippen LogP contribution in [-0.4, -0.2) is 36.8 Å². The van der Waals surface area contributed by atoms with Crippen molar-refractivity contribution < 1.29 is 13.2 Å². The number of fused-ring (bicyclic) bond motifs is 1. The molecule has 1 aliphatic rings. The van der Waals surface area contributed by atoms with Crippen molar-refractivity contribution in [3.63, 3.8) is 0 Å². The first-order valence-corrected chi connectivity index (χ1v) is 10.4. The number of nitrogens with one attached hydrogen (secondary N) is 2. The van der Waals surface area contributed by atoms with Crippen molar-refractivity contribution >= 4 is 38.3 Å². The third kappa shape index (κ3) is 3.52. The summed E-state index contributed by atoms with van der Waals surface area (Å²) in [7, 11) is -3.26. The Kier molecular flexibility index (Phi) is 4.35. The van der Waals surface area contributed by atoms with Crippen LogP contribution >= 0.6 is 0 Å². The molecule has 1 aromatic heterocycles. The Hall–Kier alpha value is -2.87. The minimum atomic E-state index is -3.26. The van der Waals surface area contributed by atoms with Crippen LogP contribution in [0.2, 0.25) is 0 Å². The third-order valence-electron chi connectivity index (χ3n) is 4.64. The Balaban J connectivity index is 1.59. The first-order valence-electron chi connectivity index (χ1n) is 8.76. The van der Waals surface area contributed by atoms with Crippen LogP contribution in [-0.2, 0) is 21.2 Å². The first-order chi connectivity index (χ1) is 12.9. The molecule has 4 rings (SSSR count). The highest BCUT2D eigenvalue weighted by molar-refractivity contribution is 7.93. The molecule has 8 heteroatoms. The van der Waals surface area contributed by atoms with Gasteiger partial charge < -0.3 is 5.32 Å². The average molecular weight is 384 g/mol. The van der Waals surface area contributed by atoms with E-state index < -0.39 is 10.0 Å². The molecule has 2 heterocycles. The van der Waals surface area contributed by atoms with Crippen LogP contribution in [0.5, 0.6) is 0 Å². The van der Waals surface area contributed by atoms with Crippen LogP contribution in [0.1, 0.15) is 17.5 Å². The molecule has 2 aromatic carbocycles. The van der Waals surface area contributed by atoms with E-state index in [1.807, 2.05) is 31.2 Å². The number of aryl methyl sites for hydroxylation is 1. The van der Waals surface area contributed by atoms with Gasteiger partial charge in [-0.1, -0.05) is 29.8 Å². The predicted molar refractivity (Wildman–Crippen MR) is 105 cm³/mol. The average Bonchev–Trinajstić information content (AvgIpc) is 3.17. The van der Waals surface area contributed by atoms with Gasteiger partial charge in [-0.25, -0.2) is 8.42 Å². The lowest BCUT2D eigenvalue weighted by Crippen LogP contribution is -2.24. The van der Waals surface area contributed by atoms with E-state index in [-0.39, 0.29) is 18.1 Å². The fraction of sp³-hybridized carbons (Fsp3) is 0.263. The quantitative estimate of drug-likeness (QED) is 0.723. The molecule has 0 unspecified atom stereocenters. The number of nitrogens with zero attached hydrogens (tertiary/aromatic N) is 2. The Morgan fingerprint density at radius 3 is 2.85 bits per heavy atom. The lowest BCUT2D eigenvalue weighted by atomic mass is 10.1. The van der Waals surface area contributed by atoms with Gasteiger partial charge in [0.1, 0.15) is 0 Å². The summed E-state index contributed by atoms with van der Waals surface area (Å²) in [5.41, 5.74) is 3.36. The number of rotatable bonds is 4. The molecular weight excluding hydrogens is 364 g/mol. The summed E-state index contributed by atoms with van der Waals surface area (Å²) in [5, 5.41) is 10.6. The molecule has 0 aliphatic carbocycles. The molecule has 140 valence electrons. The van der Waals surface area contributed by atoms with Crippen LogP contribution in [0.4, 0.5) is 11.5 Å². The number of hydrogen-bond donors (Lipinski definition) is 2. The van der Waals surface area contributed by atoms with E-state index in [2.05, 4.69) is 15.5 Å². The van der Waals surface area contributed by atoms with Crippen LogP contribution < -0.4 is 9.62 Å². The molecule has 27 heavy (non-hydrogen) atoms. The minimum Gasteiger partial charge on any atom is -0.308 e. The van der Waals surface area contributed by atoms with Gasteiger partial charge in [-0.3, -0.25) is 14.2 Å². The first kappa shape index (κ1) is 17.5. The van der Waals surface area contributed by atoms with Crippen molar-refractivity contribution in [3.05, 3.63) is 53.6 Å². The van der Waals surface area contributed by atoms with Gasteiger partial charge in [-0.05, 0) is 37.1 Å². The van der Waals surface area contributed by atoms with Gasteiger partial charge in [0, 0.05) is 11.9 Å². The zero-order valence-electron chi connectivity index (χ0n) is 14.9. The summed E-state index contributed by atoms with van der Waals surface area (Å²) >= 11 is 0. The highest BCUT2D eigenvalue weighted by Crippen LogP contribution is 2.30. The lowest BCUT2D eigenvalue weighted by Gasteiger charge is -2.16. The summed E-state index contributed by atoms with van der Waals surface area (Å²) in [6, 6.07) is 13.1. The maximum absolute atomic E-state index is 12.4. The van der Waals surface area contributed by atoms with Crippen LogP contribution in [0.15, 0.2) is 42.5 Å². The summed E-state index contributed by atoms with van der Waals surface area (Å²) < 4.78 is 25.7. The number of anilines is 2. The van der Waals surface area contributed by atoms with Crippen LogP contribution in [0, 0.1) is 6.92 Å². The SMILES string of the molecule is Cc1cccc(CC(=O)Nc2n[nH]c3ccc(N4CCCS4(=O)=O)cc23)c1. The third-order valence-corrected chi connectivity index (χ3v) is 6.51. The number of H-pyrrole nitrogens is 1. The van der Waals surface area contributed by atoms with E-state index in [1.165, 1.54) is 4.31 Å². The predicted octanol–water partition coefficient (Wildman–Crippen LogP) is 2.59. The molecule has 0 bridgehead atoms. The van der Waals surface area contributed by atoms with Crippen LogP contribution in [0.25, 0.3) is 10.9 Å². The second-order valence-corrected chi connectivity index (χ2v) is 8.77. The molecule has 1 saturated heterocycles. The monoisotopic (exact) mass is 384 g/mol. The highest BCUT2D eigenvalue weighted by Gasteiger charge is 2.28. The number of sulfonamides is 1. The fourth-order valence-electron chi connectivity index (χ4n) is 3.37. The van der Waals surface area contributed by atoms with Gasteiger partial charge in [0.2, 0.25) is 15.9 Å². The topological polar surface area (TPSA) is 95.2 Å². The highest BCUT2D eigenvalue weighted by atomic mass is 32.2. The summed E-state index contributed by atoms with van der Waals surface area (Å²) in [5.74, 6) is 0.394. The van der Waals surface area contributed by atoms with Gasteiger partial charge in [0.25, 0.3) is 0 Å². The lowest BCUT2D eigenvalue weighted by molar-refractivity contribution is -0.115. The Bertz CT molecular complexity index is 1120. The van der Waals surface area contributed by atoms with Crippen molar-refractivity contribution in [1.82, 2.24) is 10.2 Å². The van der Waals surface area contributed by atoms with E-state index in [9.17, 15) is 13.2 Å². The summed E-state index contributed by atoms with van der Waals surface area (Å²) in [6.07, 6.45) is 0.863. The van der Waals surface area contributed by atoms with Crippen molar-refractivity contribution in [1.29, 1.82) is 0 Å². The minimum absolute atomic E-state index is 0.163.